The van der Waals surface area contributed by atoms with E-state index in [0.717, 1.165) is 36.1 Å². The molecule has 1 aromatic carbocycles. The van der Waals surface area contributed by atoms with E-state index < -0.39 is 11.2 Å². The lowest BCUT2D eigenvalue weighted by atomic mass is 9.93. The van der Waals surface area contributed by atoms with Crippen molar-refractivity contribution in [1.82, 2.24) is 24.8 Å². The van der Waals surface area contributed by atoms with Crippen LogP contribution in [-0.4, -0.2) is 51.4 Å². The molecule has 0 aliphatic carbocycles. The number of benzene rings is 1. The minimum atomic E-state index is -0.585. The van der Waals surface area contributed by atoms with E-state index in [0.29, 0.717) is 23.2 Å². The van der Waals surface area contributed by atoms with Gasteiger partial charge in [-0.25, -0.2) is 14.8 Å². The molecule has 2 aromatic heterocycles. The van der Waals surface area contributed by atoms with Crippen LogP contribution in [0.1, 0.15) is 42.3 Å². The third-order valence-corrected chi connectivity index (χ3v) is 6.30. The van der Waals surface area contributed by atoms with E-state index in [2.05, 4.69) is 15.0 Å². The molecular weight excluding hydrogens is 456 g/mol. The van der Waals surface area contributed by atoms with E-state index in [-0.39, 0.29) is 23.9 Å². The van der Waals surface area contributed by atoms with Gasteiger partial charge in [0.25, 0.3) is 5.56 Å². The maximum absolute atomic E-state index is 13.5. The van der Waals surface area contributed by atoms with Crippen molar-refractivity contribution in [2.45, 2.75) is 38.6 Å². The Morgan fingerprint density at radius 2 is 2.03 bits per heavy atom. The van der Waals surface area contributed by atoms with Gasteiger partial charge in [-0.15, -0.1) is 0 Å². The first kappa shape index (κ1) is 23.7. The zero-order chi connectivity index (χ0) is 24.4. The third kappa shape index (κ3) is 4.89. The number of amides is 1. The molecule has 10 heteroatoms. The number of aromatic nitrogens is 4. The summed E-state index contributed by atoms with van der Waals surface area (Å²) in [6, 6.07) is 7.20. The number of halogens is 1. The Kier molecular flexibility index (Phi) is 6.83. The van der Waals surface area contributed by atoms with Crippen molar-refractivity contribution < 1.29 is 4.79 Å². The first-order chi connectivity index (χ1) is 16.2. The molecule has 1 aliphatic rings. The summed E-state index contributed by atoms with van der Waals surface area (Å²) in [7, 11) is 3.74. The summed E-state index contributed by atoms with van der Waals surface area (Å²) in [6.07, 6.45) is 4.22. The standard InChI is InChI=1S/C24H27ClN6O3/c1-14-17(22(33)29-24(34)27-14)12-20(32)31-10-5-4-9-19(31)21-18(13-26-23(28-21)30(2)3)15-7-6-8-16(25)11-15/h6-8,11,13,19H,4-5,9-10,12H2,1-3H3,(H2,27,29,33,34)/t19-/m1/s1. The summed E-state index contributed by atoms with van der Waals surface area (Å²) in [6.45, 7) is 2.18. The van der Waals surface area contributed by atoms with Crippen molar-refractivity contribution in [1.29, 1.82) is 0 Å². The predicted octanol–water partition coefficient (Wildman–Crippen LogP) is 2.84. The number of carbonyl (C=O) groups excluding carboxylic acids is 1. The molecule has 1 amide bonds. The van der Waals surface area contributed by atoms with Crippen LogP contribution >= 0.6 is 11.6 Å². The Balaban J connectivity index is 1.76. The van der Waals surface area contributed by atoms with Crippen molar-refractivity contribution in [3.8, 4) is 11.1 Å². The average molecular weight is 483 g/mol. The number of H-pyrrole nitrogens is 2. The second-order valence-electron chi connectivity index (χ2n) is 8.66. The number of hydrogen-bond acceptors (Lipinski definition) is 6. The van der Waals surface area contributed by atoms with Gasteiger partial charge in [-0.3, -0.25) is 14.6 Å². The fourth-order valence-corrected chi connectivity index (χ4v) is 4.53. The average Bonchev–Trinajstić information content (AvgIpc) is 2.80. The minimum absolute atomic E-state index is 0.105. The second-order valence-corrected chi connectivity index (χ2v) is 9.10. The number of aryl methyl sites for hydroxylation is 1. The zero-order valence-corrected chi connectivity index (χ0v) is 20.1. The van der Waals surface area contributed by atoms with Crippen LogP contribution in [0.4, 0.5) is 5.95 Å². The molecule has 9 nitrogen and oxygen atoms in total. The summed E-state index contributed by atoms with van der Waals surface area (Å²) >= 11 is 6.25. The number of aromatic amines is 2. The first-order valence-corrected chi connectivity index (χ1v) is 11.5. The highest BCUT2D eigenvalue weighted by Crippen LogP contribution is 2.37. The molecule has 3 aromatic rings. The summed E-state index contributed by atoms with van der Waals surface area (Å²) in [5.74, 6) is 0.360. The molecule has 0 bridgehead atoms. The van der Waals surface area contributed by atoms with Gasteiger partial charge in [0.2, 0.25) is 11.9 Å². The molecule has 1 aliphatic heterocycles. The highest BCUT2D eigenvalue weighted by atomic mass is 35.5. The van der Waals surface area contributed by atoms with Gasteiger partial charge in [0.05, 0.1) is 18.2 Å². The summed E-state index contributed by atoms with van der Waals surface area (Å²) in [5.41, 5.74) is 1.97. The smallest absolute Gasteiger partial charge is 0.325 e. The molecule has 4 rings (SSSR count). The van der Waals surface area contributed by atoms with Gasteiger partial charge >= 0.3 is 5.69 Å². The fraction of sp³-hybridized carbons (Fsp3) is 0.375. The Morgan fingerprint density at radius 3 is 2.74 bits per heavy atom. The molecule has 3 heterocycles. The maximum atomic E-state index is 13.5. The van der Waals surface area contributed by atoms with Crippen molar-refractivity contribution in [2.75, 3.05) is 25.5 Å². The van der Waals surface area contributed by atoms with Gasteiger partial charge in [0, 0.05) is 48.7 Å². The lowest BCUT2D eigenvalue weighted by Gasteiger charge is -2.36. The van der Waals surface area contributed by atoms with Crippen molar-refractivity contribution in [3.05, 3.63) is 73.3 Å². The van der Waals surface area contributed by atoms with Crippen LogP contribution < -0.4 is 16.1 Å². The second kappa shape index (κ2) is 9.80. The molecule has 0 unspecified atom stereocenters. The monoisotopic (exact) mass is 482 g/mol. The number of nitrogens with zero attached hydrogens (tertiary/aromatic N) is 4. The van der Waals surface area contributed by atoms with E-state index in [1.54, 1.807) is 24.1 Å². The number of rotatable bonds is 5. The molecule has 1 atom stereocenters. The Labute approximate surface area is 201 Å². The van der Waals surface area contributed by atoms with Crippen LogP contribution in [-0.2, 0) is 11.2 Å². The van der Waals surface area contributed by atoms with Gasteiger partial charge in [-0.1, -0.05) is 23.7 Å². The number of nitrogens with one attached hydrogen (secondary N) is 2. The SMILES string of the molecule is Cc1[nH]c(=O)[nH]c(=O)c1CC(=O)N1CCCC[C@@H]1c1nc(N(C)C)ncc1-c1cccc(Cl)c1. The molecule has 34 heavy (non-hydrogen) atoms. The molecular formula is C24H27ClN6O3. The fourth-order valence-electron chi connectivity index (χ4n) is 4.34. The predicted molar refractivity (Wildman–Crippen MR) is 131 cm³/mol. The van der Waals surface area contributed by atoms with Gasteiger partial charge in [0.15, 0.2) is 0 Å². The minimum Gasteiger partial charge on any atom is -0.347 e. The Hall–Kier alpha value is -3.46. The number of hydrogen-bond donors (Lipinski definition) is 2. The van der Waals surface area contributed by atoms with Crippen LogP contribution in [0.25, 0.3) is 11.1 Å². The topological polar surface area (TPSA) is 115 Å². The van der Waals surface area contributed by atoms with Gasteiger partial charge in [-0.05, 0) is 43.9 Å². The van der Waals surface area contributed by atoms with Crippen LogP contribution in [0, 0.1) is 6.92 Å². The molecule has 0 radical (unpaired) electrons. The Morgan fingerprint density at radius 1 is 1.24 bits per heavy atom. The van der Waals surface area contributed by atoms with E-state index in [4.69, 9.17) is 16.6 Å². The highest BCUT2D eigenvalue weighted by molar-refractivity contribution is 6.30. The number of carbonyl (C=O) groups is 1. The summed E-state index contributed by atoms with van der Waals surface area (Å²) < 4.78 is 0. The number of piperidine rings is 1. The van der Waals surface area contributed by atoms with E-state index >= 15 is 0 Å². The maximum Gasteiger partial charge on any atom is 0.325 e. The number of anilines is 1. The third-order valence-electron chi connectivity index (χ3n) is 6.06. The molecule has 0 saturated carbocycles. The normalized spacial score (nSPS) is 15.9. The summed E-state index contributed by atoms with van der Waals surface area (Å²) in [5, 5.41) is 0.601. The number of likely N-dealkylation sites (tertiary alicyclic amines) is 1. The summed E-state index contributed by atoms with van der Waals surface area (Å²) in [4.78, 5) is 55.1. The van der Waals surface area contributed by atoms with Gasteiger partial charge < -0.3 is 14.8 Å². The molecule has 178 valence electrons. The molecule has 2 N–H and O–H groups in total. The largest absolute Gasteiger partial charge is 0.347 e. The molecule has 1 fully saturated rings. The lowest BCUT2D eigenvalue weighted by Crippen LogP contribution is -2.41. The molecule has 1 saturated heterocycles. The van der Waals surface area contributed by atoms with Crippen LogP contribution in [0.3, 0.4) is 0 Å². The van der Waals surface area contributed by atoms with Crippen molar-refractivity contribution in [3.63, 3.8) is 0 Å². The van der Waals surface area contributed by atoms with Crippen LogP contribution in [0.5, 0.6) is 0 Å². The zero-order valence-electron chi connectivity index (χ0n) is 19.4. The van der Waals surface area contributed by atoms with E-state index in [9.17, 15) is 14.4 Å². The van der Waals surface area contributed by atoms with Gasteiger partial charge in [-0.2, -0.15) is 0 Å². The van der Waals surface area contributed by atoms with Crippen molar-refractivity contribution >= 4 is 23.5 Å². The van der Waals surface area contributed by atoms with Crippen LogP contribution in [0.15, 0.2) is 40.1 Å². The molecule has 0 spiro atoms. The van der Waals surface area contributed by atoms with Crippen LogP contribution in [0.2, 0.25) is 5.02 Å². The quantitative estimate of drug-likeness (QED) is 0.577. The first-order valence-electron chi connectivity index (χ1n) is 11.2. The van der Waals surface area contributed by atoms with E-state index in [1.807, 2.05) is 37.2 Å². The van der Waals surface area contributed by atoms with E-state index in [1.165, 1.54) is 0 Å². The lowest BCUT2D eigenvalue weighted by molar-refractivity contribution is -0.134. The highest BCUT2D eigenvalue weighted by Gasteiger charge is 2.32. The van der Waals surface area contributed by atoms with Gasteiger partial charge in [0.1, 0.15) is 0 Å². The van der Waals surface area contributed by atoms with Crippen molar-refractivity contribution in [2.24, 2.45) is 0 Å². The Bertz CT molecular complexity index is 1330.